The smallest absolute Gasteiger partial charge is 0.252 e. The van der Waals surface area contributed by atoms with Gasteiger partial charge in [0.15, 0.2) is 0 Å². The van der Waals surface area contributed by atoms with E-state index >= 15 is 0 Å². The second-order valence-corrected chi connectivity index (χ2v) is 5.20. The fourth-order valence-electron chi connectivity index (χ4n) is 1.53. The van der Waals surface area contributed by atoms with Gasteiger partial charge in [-0.25, -0.2) is 0 Å². The van der Waals surface area contributed by atoms with Gasteiger partial charge in [-0.15, -0.1) is 0 Å². The number of aryl methyl sites for hydroxylation is 1. The summed E-state index contributed by atoms with van der Waals surface area (Å²) in [5.74, 6) is 0.0295. The van der Waals surface area contributed by atoms with Gasteiger partial charge in [0.05, 0.1) is 18.8 Å². The van der Waals surface area contributed by atoms with Gasteiger partial charge in [-0.3, -0.25) is 4.79 Å². The molecule has 0 saturated carbocycles. The summed E-state index contributed by atoms with van der Waals surface area (Å²) in [7, 11) is 0. The number of ether oxygens (including phenoxy) is 1. The fraction of sp³-hybridized carbons (Fsp3) is 0.545. The second kappa shape index (κ2) is 3.94. The van der Waals surface area contributed by atoms with Gasteiger partial charge in [-0.2, -0.15) is 11.3 Å². The summed E-state index contributed by atoms with van der Waals surface area (Å²) in [6, 6.07) is 0. The molecular formula is C11H15NO2S. The van der Waals surface area contributed by atoms with E-state index in [-0.39, 0.29) is 11.3 Å². The highest BCUT2D eigenvalue weighted by molar-refractivity contribution is 7.08. The SMILES string of the molecule is Cc1cscc1C(=O)NCC1(C)COC1. The van der Waals surface area contributed by atoms with E-state index in [4.69, 9.17) is 4.74 Å². The Kier molecular flexibility index (Phi) is 2.80. The van der Waals surface area contributed by atoms with Gasteiger partial charge >= 0.3 is 0 Å². The first kappa shape index (κ1) is 10.6. The largest absolute Gasteiger partial charge is 0.380 e. The molecule has 3 nitrogen and oxygen atoms in total. The van der Waals surface area contributed by atoms with Crippen molar-refractivity contribution in [2.75, 3.05) is 19.8 Å². The minimum Gasteiger partial charge on any atom is -0.380 e. The molecule has 82 valence electrons. The molecule has 0 atom stereocenters. The van der Waals surface area contributed by atoms with Crippen LogP contribution in [0.2, 0.25) is 0 Å². The highest BCUT2D eigenvalue weighted by Crippen LogP contribution is 2.25. The third kappa shape index (κ3) is 2.21. The maximum atomic E-state index is 11.8. The molecule has 15 heavy (non-hydrogen) atoms. The Morgan fingerprint density at radius 1 is 1.60 bits per heavy atom. The summed E-state index contributed by atoms with van der Waals surface area (Å²) in [5.41, 5.74) is 1.98. The number of amides is 1. The summed E-state index contributed by atoms with van der Waals surface area (Å²) in [5, 5.41) is 6.84. The summed E-state index contributed by atoms with van der Waals surface area (Å²) < 4.78 is 5.14. The van der Waals surface area contributed by atoms with Crippen LogP contribution < -0.4 is 5.32 Å². The molecule has 0 aromatic carbocycles. The lowest BCUT2D eigenvalue weighted by atomic mass is 9.88. The molecule has 1 fully saturated rings. The van der Waals surface area contributed by atoms with Crippen LogP contribution in [0.3, 0.4) is 0 Å². The van der Waals surface area contributed by atoms with Crippen LogP contribution >= 0.6 is 11.3 Å². The molecule has 0 spiro atoms. The molecule has 1 amide bonds. The van der Waals surface area contributed by atoms with Crippen molar-refractivity contribution in [1.29, 1.82) is 0 Å². The van der Waals surface area contributed by atoms with Gasteiger partial charge in [0.25, 0.3) is 5.91 Å². The predicted molar refractivity (Wildman–Crippen MR) is 60.3 cm³/mol. The number of carbonyl (C=O) groups excluding carboxylic acids is 1. The van der Waals surface area contributed by atoms with Crippen LogP contribution in [0.5, 0.6) is 0 Å². The van der Waals surface area contributed by atoms with Crippen molar-refractivity contribution in [3.8, 4) is 0 Å². The van der Waals surface area contributed by atoms with Crippen molar-refractivity contribution >= 4 is 17.2 Å². The zero-order valence-corrected chi connectivity index (χ0v) is 9.82. The highest BCUT2D eigenvalue weighted by Gasteiger charge is 2.33. The lowest BCUT2D eigenvalue weighted by Gasteiger charge is -2.38. The van der Waals surface area contributed by atoms with Gasteiger partial charge in [0.1, 0.15) is 0 Å². The third-order valence-corrected chi connectivity index (χ3v) is 3.54. The molecule has 1 aliphatic heterocycles. The number of hydrogen-bond acceptors (Lipinski definition) is 3. The molecule has 2 rings (SSSR count). The lowest BCUT2D eigenvalue weighted by Crippen LogP contribution is -2.48. The van der Waals surface area contributed by atoms with Gasteiger partial charge in [-0.05, 0) is 17.9 Å². The minimum absolute atomic E-state index is 0.0295. The molecule has 4 heteroatoms. The van der Waals surface area contributed by atoms with Crippen LogP contribution in [0.4, 0.5) is 0 Å². The summed E-state index contributed by atoms with van der Waals surface area (Å²) in [4.78, 5) is 11.8. The first-order valence-corrected chi connectivity index (χ1v) is 5.94. The van der Waals surface area contributed by atoms with Crippen molar-refractivity contribution in [1.82, 2.24) is 5.32 Å². The number of nitrogens with one attached hydrogen (secondary N) is 1. The highest BCUT2D eigenvalue weighted by atomic mass is 32.1. The monoisotopic (exact) mass is 225 g/mol. The fourth-order valence-corrected chi connectivity index (χ4v) is 2.36. The molecule has 0 aliphatic carbocycles. The topological polar surface area (TPSA) is 38.3 Å². The zero-order chi connectivity index (χ0) is 10.9. The van der Waals surface area contributed by atoms with Crippen molar-refractivity contribution in [2.45, 2.75) is 13.8 Å². The van der Waals surface area contributed by atoms with Crippen molar-refractivity contribution < 1.29 is 9.53 Å². The normalized spacial score (nSPS) is 18.3. The van der Waals surface area contributed by atoms with Crippen molar-refractivity contribution in [3.05, 3.63) is 21.9 Å². The Morgan fingerprint density at radius 3 is 2.80 bits per heavy atom. The van der Waals surface area contributed by atoms with Gasteiger partial charge in [0, 0.05) is 17.3 Å². The zero-order valence-electron chi connectivity index (χ0n) is 9.00. The Morgan fingerprint density at radius 2 is 2.33 bits per heavy atom. The van der Waals surface area contributed by atoms with E-state index in [1.807, 2.05) is 17.7 Å². The van der Waals surface area contributed by atoms with E-state index in [2.05, 4.69) is 12.2 Å². The molecule has 0 radical (unpaired) electrons. The van der Waals surface area contributed by atoms with Crippen LogP contribution in [-0.2, 0) is 4.74 Å². The second-order valence-electron chi connectivity index (χ2n) is 4.45. The lowest BCUT2D eigenvalue weighted by molar-refractivity contribution is -0.0978. The Labute approximate surface area is 93.4 Å². The maximum Gasteiger partial charge on any atom is 0.252 e. The van der Waals surface area contributed by atoms with Gasteiger partial charge in [-0.1, -0.05) is 6.92 Å². The summed E-state index contributed by atoms with van der Waals surface area (Å²) >= 11 is 1.56. The van der Waals surface area contributed by atoms with E-state index in [0.29, 0.717) is 6.54 Å². The van der Waals surface area contributed by atoms with Crippen LogP contribution in [0, 0.1) is 12.3 Å². The van der Waals surface area contributed by atoms with E-state index < -0.39 is 0 Å². The van der Waals surface area contributed by atoms with Crippen molar-refractivity contribution in [3.63, 3.8) is 0 Å². The standard InChI is InChI=1S/C11H15NO2S/c1-8-3-15-4-9(8)10(13)12-5-11(2)6-14-7-11/h3-4H,5-7H2,1-2H3,(H,12,13). The molecular weight excluding hydrogens is 210 g/mol. The van der Waals surface area contributed by atoms with Crippen LogP contribution in [0.15, 0.2) is 10.8 Å². The van der Waals surface area contributed by atoms with Crippen molar-refractivity contribution in [2.24, 2.45) is 5.41 Å². The summed E-state index contributed by atoms with van der Waals surface area (Å²) in [6.07, 6.45) is 0. The first-order valence-electron chi connectivity index (χ1n) is 4.99. The minimum atomic E-state index is 0.0295. The van der Waals surface area contributed by atoms with Crippen LogP contribution in [-0.4, -0.2) is 25.7 Å². The number of carbonyl (C=O) groups is 1. The first-order chi connectivity index (χ1) is 7.11. The number of rotatable bonds is 3. The third-order valence-electron chi connectivity index (χ3n) is 2.68. The Balaban J connectivity index is 1.90. The number of thiophene rings is 1. The van der Waals surface area contributed by atoms with E-state index in [0.717, 1.165) is 24.3 Å². The van der Waals surface area contributed by atoms with Gasteiger partial charge < -0.3 is 10.1 Å². The molecule has 2 heterocycles. The van der Waals surface area contributed by atoms with Crippen LogP contribution in [0.1, 0.15) is 22.8 Å². The predicted octanol–water partition coefficient (Wildman–Crippen LogP) is 1.82. The average molecular weight is 225 g/mol. The molecule has 0 unspecified atom stereocenters. The molecule has 1 aromatic heterocycles. The molecule has 1 saturated heterocycles. The van der Waals surface area contributed by atoms with Crippen LogP contribution in [0.25, 0.3) is 0 Å². The Bertz CT molecular complexity index is 368. The molecule has 0 bridgehead atoms. The number of hydrogen-bond donors (Lipinski definition) is 1. The molecule has 1 N–H and O–H groups in total. The van der Waals surface area contributed by atoms with E-state index in [9.17, 15) is 4.79 Å². The average Bonchev–Trinajstić information content (AvgIpc) is 2.58. The van der Waals surface area contributed by atoms with E-state index in [1.165, 1.54) is 0 Å². The molecule has 1 aliphatic rings. The quantitative estimate of drug-likeness (QED) is 0.852. The summed E-state index contributed by atoms with van der Waals surface area (Å²) in [6.45, 7) is 6.27. The van der Waals surface area contributed by atoms with Gasteiger partial charge in [0.2, 0.25) is 0 Å². The maximum absolute atomic E-state index is 11.8. The Hall–Kier alpha value is -0.870. The van der Waals surface area contributed by atoms with E-state index in [1.54, 1.807) is 11.3 Å². The molecule has 1 aromatic rings.